The van der Waals surface area contributed by atoms with E-state index in [-0.39, 0.29) is 11.7 Å². The zero-order chi connectivity index (χ0) is 19.4. The summed E-state index contributed by atoms with van der Waals surface area (Å²) in [5.41, 5.74) is 0.991. The Morgan fingerprint density at radius 3 is 2.70 bits per heavy atom. The van der Waals surface area contributed by atoms with Crippen molar-refractivity contribution in [1.82, 2.24) is 15.1 Å². The van der Waals surface area contributed by atoms with Crippen molar-refractivity contribution < 1.29 is 19.4 Å². The van der Waals surface area contributed by atoms with E-state index in [0.717, 1.165) is 12.1 Å². The first kappa shape index (κ1) is 18.9. The number of nitrogens with zero attached hydrogens (tertiary/aromatic N) is 2. The molecular formula is C20H25N3O4. The summed E-state index contributed by atoms with van der Waals surface area (Å²) in [7, 11) is 0. The molecule has 2 aromatic rings. The van der Waals surface area contributed by atoms with Crippen molar-refractivity contribution in [2.45, 2.75) is 39.2 Å². The molecule has 1 aliphatic carbocycles. The summed E-state index contributed by atoms with van der Waals surface area (Å²) < 4.78 is 7.41. The average Bonchev–Trinajstić information content (AvgIpc) is 3.27. The van der Waals surface area contributed by atoms with Crippen molar-refractivity contribution in [3.8, 4) is 11.4 Å². The summed E-state index contributed by atoms with van der Waals surface area (Å²) in [4.78, 5) is 24.2. The predicted molar refractivity (Wildman–Crippen MR) is 100 cm³/mol. The normalized spacial score (nSPS) is 19.2. The molecule has 1 heterocycles. The van der Waals surface area contributed by atoms with Crippen molar-refractivity contribution in [3.05, 3.63) is 42.2 Å². The molecule has 1 aromatic carbocycles. The van der Waals surface area contributed by atoms with Crippen LogP contribution in [-0.2, 0) is 4.79 Å². The third kappa shape index (κ3) is 4.48. The van der Waals surface area contributed by atoms with Crippen LogP contribution >= 0.6 is 0 Å². The van der Waals surface area contributed by atoms with Gasteiger partial charge in [-0.2, -0.15) is 5.10 Å². The Labute approximate surface area is 158 Å². The highest BCUT2D eigenvalue weighted by Gasteiger charge is 2.35. The molecule has 1 amide bonds. The molecule has 0 saturated heterocycles. The van der Waals surface area contributed by atoms with Crippen LogP contribution in [-0.4, -0.2) is 39.4 Å². The topological polar surface area (TPSA) is 93.5 Å². The Hall–Kier alpha value is -2.83. The van der Waals surface area contributed by atoms with Gasteiger partial charge in [0.1, 0.15) is 0 Å². The minimum atomic E-state index is -0.871. The lowest BCUT2D eigenvalue weighted by Gasteiger charge is -2.17. The van der Waals surface area contributed by atoms with Crippen LogP contribution in [0.1, 0.15) is 43.6 Å². The van der Waals surface area contributed by atoms with Gasteiger partial charge in [0.25, 0.3) is 5.91 Å². The summed E-state index contributed by atoms with van der Waals surface area (Å²) in [5.74, 6) is -1.13. The van der Waals surface area contributed by atoms with E-state index in [1.807, 2.05) is 44.2 Å². The maximum atomic E-state index is 12.8. The third-order valence-corrected chi connectivity index (χ3v) is 4.64. The van der Waals surface area contributed by atoms with E-state index >= 15 is 0 Å². The zero-order valence-electron chi connectivity index (χ0n) is 15.6. The maximum absolute atomic E-state index is 12.8. The molecule has 0 radical (unpaired) electrons. The number of rotatable bonds is 7. The smallest absolute Gasteiger partial charge is 0.308 e. The molecule has 7 heteroatoms. The molecule has 0 aliphatic heterocycles. The fourth-order valence-corrected chi connectivity index (χ4v) is 3.26. The molecule has 144 valence electrons. The molecule has 0 spiro atoms. The number of benzene rings is 1. The van der Waals surface area contributed by atoms with Gasteiger partial charge in [-0.3, -0.25) is 9.59 Å². The molecule has 1 aromatic heterocycles. The largest absolute Gasteiger partial charge is 0.489 e. The summed E-state index contributed by atoms with van der Waals surface area (Å²) in [6, 6.07) is 9.08. The van der Waals surface area contributed by atoms with Gasteiger partial charge < -0.3 is 15.2 Å². The van der Waals surface area contributed by atoms with Crippen LogP contribution in [0.15, 0.2) is 36.5 Å². The first-order valence-electron chi connectivity index (χ1n) is 9.27. The number of carbonyl (C=O) groups is 2. The second-order valence-corrected chi connectivity index (χ2v) is 7.28. The number of carboxylic acids is 1. The number of hydrogen-bond acceptors (Lipinski definition) is 4. The fraction of sp³-hybridized carbons (Fsp3) is 0.450. The number of amides is 1. The van der Waals surface area contributed by atoms with E-state index in [4.69, 9.17) is 4.74 Å². The number of para-hydroxylation sites is 1. The molecule has 1 saturated carbocycles. The van der Waals surface area contributed by atoms with E-state index in [9.17, 15) is 14.7 Å². The van der Waals surface area contributed by atoms with Crippen molar-refractivity contribution in [1.29, 1.82) is 0 Å². The number of aliphatic carboxylic acids is 1. The summed E-state index contributed by atoms with van der Waals surface area (Å²) in [6.07, 6.45) is 3.72. The Balaban J connectivity index is 1.84. The third-order valence-electron chi connectivity index (χ3n) is 4.64. The highest BCUT2D eigenvalue weighted by molar-refractivity contribution is 5.95. The Bertz CT molecular complexity index is 801. The van der Waals surface area contributed by atoms with Crippen LogP contribution in [0.5, 0.6) is 5.75 Å². The number of aromatic nitrogens is 2. The van der Waals surface area contributed by atoms with Gasteiger partial charge in [-0.05, 0) is 30.9 Å². The maximum Gasteiger partial charge on any atom is 0.308 e. The molecular weight excluding hydrogens is 346 g/mol. The van der Waals surface area contributed by atoms with Gasteiger partial charge in [-0.1, -0.05) is 38.5 Å². The van der Waals surface area contributed by atoms with Gasteiger partial charge in [0.05, 0.1) is 24.4 Å². The van der Waals surface area contributed by atoms with Gasteiger partial charge in [-0.15, -0.1) is 0 Å². The van der Waals surface area contributed by atoms with Gasteiger partial charge in [0, 0.05) is 6.04 Å². The molecule has 0 bridgehead atoms. The number of carboxylic acid groups (broad SMARTS) is 1. The summed E-state index contributed by atoms with van der Waals surface area (Å²) in [5, 5.41) is 16.6. The monoisotopic (exact) mass is 371 g/mol. The van der Waals surface area contributed by atoms with Gasteiger partial charge in [-0.25, -0.2) is 4.68 Å². The Morgan fingerprint density at radius 2 is 2.04 bits per heavy atom. The molecule has 1 fully saturated rings. The van der Waals surface area contributed by atoms with E-state index in [0.29, 0.717) is 31.1 Å². The average molecular weight is 371 g/mol. The predicted octanol–water partition coefficient (Wildman–Crippen LogP) is 2.89. The van der Waals surface area contributed by atoms with Crippen molar-refractivity contribution in [3.63, 3.8) is 0 Å². The van der Waals surface area contributed by atoms with Gasteiger partial charge in [0.15, 0.2) is 11.4 Å². The van der Waals surface area contributed by atoms with Crippen LogP contribution in [0.25, 0.3) is 5.69 Å². The van der Waals surface area contributed by atoms with Gasteiger partial charge >= 0.3 is 5.97 Å². The molecule has 1 aliphatic rings. The van der Waals surface area contributed by atoms with Crippen LogP contribution in [0, 0.1) is 11.8 Å². The van der Waals surface area contributed by atoms with Gasteiger partial charge in [0.2, 0.25) is 0 Å². The van der Waals surface area contributed by atoms with Crippen molar-refractivity contribution in [2.24, 2.45) is 11.8 Å². The second kappa shape index (κ2) is 8.24. The number of ether oxygens (including phenoxy) is 1. The van der Waals surface area contributed by atoms with Crippen LogP contribution in [0.4, 0.5) is 0 Å². The standard InChI is InChI=1S/C20H25N3O4/c1-13(2)12-27-17-11-23(14-7-4-3-5-8-14)22-18(17)19(24)21-16-10-6-9-15(16)20(25)26/h3-5,7-8,11,13,15-16H,6,9-10,12H2,1-2H3,(H,21,24)(H,25,26)/t15-,16+/m0/s1. The minimum Gasteiger partial charge on any atom is -0.489 e. The summed E-state index contributed by atoms with van der Waals surface area (Å²) >= 11 is 0. The molecule has 2 N–H and O–H groups in total. The quantitative estimate of drug-likeness (QED) is 0.781. The van der Waals surface area contributed by atoms with Crippen LogP contribution in [0.3, 0.4) is 0 Å². The molecule has 7 nitrogen and oxygen atoms in total. The Morgan fingerprint density at radius 1 is 1.30 bits per heavy atom. The van der Waals surface area contributed by atoms with Crippen LogP contribution < -0.4 is 10.1 Å². The summed E-state index contributed by atoms with van der Waals surface area (Å²) in [6.45, 7) is 4.51. The van der Waals surface area contributed by atoms with Crippen molar-refractivity contribution >= 4 is 11.9 Å². The Kier molecular flexibility index (Phi) is 5.78. The molecule has 3 rings (SSSR count). The molecule has 0 unspecified atom stereocenters. The first-order chi connectivity index (χ1) is 13.0. The highest BCUT2D eigenvalue weighted by Crippen LogP contribution is 2.27. The second-order valence-electron chi connectivity index (χ2n) is 7.28. The first-order valence-corrected chi connectivity index (χ1v) is 9.27. The van der Waals surface area contributed by atoms with E-state index in [1.165, 1.54) is 0 Å². The van der Waals surface area contributed by atoms with Crippen molar-refractivity contribution in [2.75, 3.05) is 6.61 Å². The SMILES string of the molecule is CC(C)COc1cn(-c2ccccc2)nc1C(=O)N[C@@H]1CCC[C@@H]1C(=O)O. The molecule has 2 atom stereocenters. The zero-order valence-corrected chi connectivity index (χ0v) is 15.6. The lowest BCUT2D eigenvalue weighted by Crippen LogP contribution is -2.40. The minimum absolute atomic E-state index is 0.176. The van der Waals surface area contributed by atoms with Crippen LogP contribution in [0.2, 0.25) is 0 Å². The van der Waals surface area contributed by atoms with E-state index < -0.39 is 17.8 Å². The highest BCUT2D eigenvalue weighted by atomic mass is 16.5. The van der Waals surface area contributed by atoms with E-state index in [2.05, 4.69) is 10.4 Å². The molecule has 27 heavy (non-hydrogen) atoms. The lowest BCUT2D eigenvalue weighted by molar-refractivity contribution is -0.142. The lowest BCUT2D eigenvalue weighted by atomic mass is 10.0. The number of hydrogen-bond donors (Lipinski definition) is 2. The fourth-order valence-electron chi connectivity index (χ4n) is 3.26. The van der Waals surface area contributed by atoms with E-state index in [1.54, 1.807) is 10.9 Å². The number of carbonyl (C=O) groups excluding carboxylic acids is 1. The number of nitrogens with one attached hydrogen (secondary N) is 1.